The van der Waals surface area contributed by atoms with E-state index in [0.717, 1.165) is 0 Å². The van der Waals surface area contributed by atoms with Crippen LogP contribution in [0.25, 0.3) is 0 Å². The molecule has 0 aliphatic heterocycles. The molecule has 1 atom stereocenters. The Morgan fingerprint density at radius 2 is 2.15 bits per heavy atom. The summed E-state index contributed by atoms with van der Waals surface area (Å²) < 4.78 is 0.701. The lowest BCUT2D eigenvalue weighted by molar-refractivity contribution is -0.137. The second-order valence-corrected chi connectivity index (χ2v) is 5.76. The fourth-order valence-corrected chi connectivity index (χ4v) is 1.98. The van der Waals surface area contributed by atoms with Crippen LogP contribution in [0.1, 0.15) is 19.8 Å². The van der Waals surface area contributed by atoms with Gasteiger partial charge in [0.25, 0.3) is 0 Å². The number of carbonyl (C=O) groups excluding carboxylic acids is 1. The molecule has 0 radical (unpaired) electrons. The molecule has 1 aromatic rings. The van der Waals surface area contributed by atoms with Gasteiger partial charge in [-0.25, -0.2) is 4.79 Å². The number of halogens is 2. The maximum Gasteiger partial charge on any atom is 0.319 e. The molecule has 0 spiro atoms. The normalized spacial score (nSPS) is 11.8. The van der Waals surface area contributed by atoms with E-state index in [9.17, 15) is 9.59 Å². The summed E-state index contributed by atoms with van der Waals surface area (Å²) >= 11 is 9.13. The number of rotatable bonds is 6. The second kappa shape index (κ2) is 8.11. The Bertz CT molecular complexity index is 497. The fourth-order valence-electron chi connectivity index (χ4n) is 1.49. The van der Waals surface area contributed by atoms with Crippen LogP contribution in [-0.2, 0) is 4.79 Å². The van der Waals surface area contributed by atoms with Crippen LogP contribution < -0.4 is 10.6 Å². The molecule has 3 N–H and O–H groups in total. The summed E-state index contributed by atoms with van der Waals surface area (Å²) in [5.41, 5.74) is 0.622. The van der Waals surface area contributed by atoms with E-state index in [1.165, 1.54) is 0 Å². The van der Waals surface area contributed by atoms with Gasteiger partial charge in [0.15, 0.2) is 0 Å². The maximum atomic E-state index is 11.7. The average Bonchev–Trinajstić information content (AvgIpc) is 2.38. The van der Waals surface area contributed by atoms with Gasteiger partial charge in [0, 0.05) is 23.1 Å². The zero-order valence-electron chi connectivity index (χ0n) is 11.0. The predicted molar refractivity (Wildman–Crippen MR) is 82.2 cm³/mol. The minimum atomic E-state index is -0.827. The first-order valence-electron chi connectivity index (χ1n) is 6.10. The van der Waals surface area contributed by atoms with E-state index in [-0.39, 0.29) is 18.4 Å². The van der Waals surface area contributed by atoms with Crippen molar-refractivity contribution in [2.24, 2.45) is 5.92 Å². The monoisotopic (exact) mass is 362 g/mol. The number of carboxylic acid groups (broad SMARTS) is 1. The summed E-state index contributed by atoms with van der Waals surface area (Å²) in [5.74, 6) is -0.721. The summed E-state index contributed by atoms with van der Waals surface area (Å²) in [6.07, 6.45) is 0.636. The van der Waals surface area contributed by atoms with Crippen LogP contribution >= 0.6 is 27.5 Å². The fraction of sp³-hybridized carbons (Fsp3) is 0.385. The van der Waals surface area contributed by atoms with E-state index in [4.69, 9.17) is 16.7 Å². The highest BCUT2D eigenvalue weighted by molar-refractivity contribution is 9.10. The third-order valence-corrected chi connectivity index (χ3v) is 3.85. The third-order valence-electron chi connectivity index (χ3n) is 2.64. The molecule has 0 aliphatic rings. The molecule has 2 amide bonds. The van der Waals surface area contributed by atoms with Gasteiger partial charge in [-0.1, -0.05) is 18.5 Å². The molecule has 0 bridgehead atoms. The maximum absolute atomic E-state index is 11.7. The number of amides is 2. The Balaban J connectivity index is 2.36. The Morgan fingerprint density at radius 3 is 2.75 bits per heavy atom. The largest absolute Gasteiger partial charge is 0.481 e. The van der Waals surface area contributed by atoms with Gasteiger partial charge in [-0.2, -0.15) is 0 Å². The number of urea groups is 1. The SMILES string of the molecule is CC(CCC(=O)O)CNC(=O)Nc1ccc(Cl)c(Br)c1. The molecule has 0 fully saturated rings. The molecule has 20 heavy (non-hydrogen) atoms. The number of hydrogen-bond donors (Lipinski definition) is 3. The molecule has 0 aliphatic carbocycles. The molecule has 1 unspecified atom stereocenters. The highest BCUT2D eigenvalue weighted by Crippen LogP contribution is 2.25. The van der Waals surface area contributed by atoms with Gasteiger partial charge in [-0.05, 0) is 46.5 Å². The van der Waals surface area contributed by atoms with Crippen LogP contribution in [0, 0.1) is 5.92 Å². The molecule has 1 aromatic carbocycles. The first-order valence-corrected chi connectivity index (χ1v) is 7.27. The number of benzene rings is 1. The van der Waals surface area contributed by atoms with Gasteiger partial charge in [-0.3, -0.25) is 4.79 Å². The van der Waals surface area contributed by atoms with Gasteiger partial charge < -0.3 is 15.7 Å². The molecule has 0 saturated heterocycles. The molecule has 1 rings (SSSR count). The van der Waals surface area contributed by atoms with Crippen molar-refractivity contribution in [3.8, 4) is 0 Å². The molecule has 110 valence electrons. The summed E-state index contributed by atoms with van der Waals surface area (Å²) in [6, 6.07) is 4.74. The highest BCUT2D eigenvalue weighted by atomic mass is 79.9. The van der Waals surface area contributed by atoms with Gasteiger partial charge in [-0.15, -0.1) is 0 Å². The number of nitrogens with one attached hydrogen (secondary N) is 2. The van der Waals surface area contributed by atoms with Gasteiger partial charge in [0.1, 0.15) is 0 Å². The van der Waals surface area contributed by atoms with Gasteiger partial charge >= 0.3 is 12.0 Å². The van der Waals surface area contributed by atoms with E-state index in [2.05, 4.69) is 26.6 Å². The third kappa shape index (κ3) is 6.25. The van der Waals surface area contributed by atoms with Crippen molar-refractivity contribution in [3.05, 3.63) is 27.7 Å². The van der Waals surface area contributed by atoms with E-state index < -0.39 is 5.97 Å². The van der Waals surface area contributed by atoms with Crippen molar-refractivity contribution >= 4 is 45.2 Å². The Morgan fingerprint density at radius 1 is 1.45 bits per heavy atom. The van der Waals surface area contributed by atoms with Crippen LogP contribution in [0.5, 0.6) is 0 Å². The lowest BCUT2D eigenvalue weighted by Gasteiger charge is -2.12. The molecule has 0 aromatic heterocycles. The average molecular weight is 364 g/mol. The minimum absolute atomic E-state index is 0.105. The van der Waals surface area contributed by atoms with Crippen molar-refractivity contribution < 1.29 is 14.7 Å². The predicted octanol–water partition coefficient (Wildman–Crippen LogP) is 3.72. The van der Waals surface area contributed by atoms with Crippen molar-refractivity contribution in [2.75, 3.05) is 11.9 Å². The summed E-state index contributed by atoms with van der Waals surface area (Å²) in [6.45, 7) is 2.32. The Hall–Kier alpha value is -1.27. The quantitative estimate of drug-likeness (QED) is 0.720. The van der Waals surface area contributed by atoms with Crippen LogP contribution in [0.3, 0.4) is 0 Å². The summed E-state index contributed by atoms with van der Waals surface area (Å²) in [4.78, 5) is 22.1. The summed E-state index contributed by atoms with van der Waals surface area (Å²) in [5, 5.41) is 14.5. The Labute approximate surface area is 130 Å². The van der Waals surface area contributed by atoms with E-state index in [1.807, 2.05) is 6.92 Å². The number of anilines is 1. The van der Waals surface area contributed by atoms with Crippen LogP contribution in [-0.4, -0.2) is 23.7 Å². The first-order chi connectivity index (χ1) is 9.38. The number of hydrogen-bond acceptors (Lipinski definition) is 2. The molecule has 5 nitrogen and oxygen atoms in total. The minimum Gasteiger partial charge on any atom is -0.481 e. The van der Waals surface area contributed by atoms with Crippen molar-refractivity contribution in [1.82, 2.24) is 5.32 Å². The lowest BCUT2D eigenvalue weighted by Crippen LogP contribution is -2.32. The molecular formula is C13H16BrClN2O3. The van der Waals surface area contributed by atoms with E-state index >= 15 is 0 Å². The van der Waals surface area contributed by atoms with Gasteiger partial charge in [0.05, 0.1) is 5.02 Å². The molecule has 0 saturated carbocycles. The topological polar surface area (TPSA) is 78.4 Å². The zero-order valence-corrected chi connectivity index (χ0v) is 13.3. The zero-order chi connectivity index (χ0) is 15.1. The van der Waals surface area contributed by atoms with Crippen LogP contribution in [0.2, 0.25) is 5.02 Å². The molecule has 0 heterocycles. The number of carbonyl (C=O) groups is 2. The van der Waals surface area contributed by atoms with Crippen molar-refractivity contribution in [3.63, 3.8) is 0 Å². The first kappa shape index (κ1) is 16.8. The molecule has 7 heteroatoms. The van der Waals surface area contributed by atoms with E-state index in [1.54, 1.807) is 18.2 Å². The second-order valence-electron chi connectivity index (χ2n) is 4.50. The van der Waals surface area contributed by atoms with Crippen molar-refractivity contribution in [2.45, 2.75) is 19.8 Å². The lowest BCUT2D eigenvalue weighted by atomic mass is 10.1. The summed E-state index contributed by atoms with van der Waals surface area (Å²) in [7, 11) is 0. The molecular weight excluding hydrogens is 348 g/mol. The van der Waals surface area contributed by atoms with Gasteiger partial charge in [0.2, 0.25) is 0 Å². The number of carboxylic acids is 1. The van der Waals surface area contributed by atoms with Crippen LogP contribution in [0.15, 0.2) is 22.7 Å². The van der Waals surface area contributed by atoms with Crippen molar-refractivity contribution in [1.29, 1.82) is 0 Å². The van der Waals surface area contributed by atoms with E-state index in [0.29, 0.717) is 28.1 Å². The highest BCUT2D eigenvalue weighted by Gasteiger charge is 2.08. The van der Waals surface area contributed by atoms with Crippen LogP contribution in [0.4, 0.5) is 10.5 Å². The number of aliphatic carboxylic acids is 1. The Kier molecular flexibility index (Phi) is 6.81. The smallest absolute Gasteiger partial charge is 0.319 e. The standard InChI is InChI=1S/C13H16BrClN2O3/c1-8(2-5-12(18)19)7-16-13(20)17-9-3-4-11(15)10(14)6-9/h3-4,6,8H,2,5,7H2,1H3,(H,18,19)(H2,16,17,20).